The first-order valence-electron chi connectivity index (χ1n) is 7.80. The van der Waals surface area contributed by atoms with Crippen molar-refractivity contribution in [3.8, 4) is 0 Å². The van der Waals surface area contributed by atoms with Crippen LogP contribution < -0.4 is 10.9 Å². The van der Waals surface area contributed by atoms with Crippen LogP contribution in [0.4, 0.5) is 0 Å². The fourth-order valence-corrected chi connectivity index (χ4v) is 3.39. The Hall–Kier alpha value is -2.00. The normalized spacial score (nSPS) is 17.5. The van der Waals surface area contributed by atoms with Crippen LogP contribution in [0.2, 0.25) is 0 Å². The molecule has 0 bridgehead atoms. The summed E-state index contributed by atoms with van der Waals surface area (Å²) in [4.78, 5) is 43.5. The van der Waals surface area contributed by atoms with E-state index >= 15 is 0 Å². The average Bonchev–Trinajstić information content (AvgIpc) is 3.13. The van der Waals surface area contributed by atoms with Crippen LogP contribution in [-0.4, -0.2) is 65.7 Å². The Balaban J connectivity index is 1.76. The largest absolute Gasteiger partial charge is 0.347 e. The Kier molecular flexibility index (Phi) is 6.27. The van der Waals surface area contributed by atoms with E-state index in [4.69, 9.17) is 0 Å². The predicted molar refractivity (Wildman–Crippen MR) is 90.1 cm³/mol. The molecule has 1 fully saturated rings. The van der Waals surface area contributed by atoms with Gasteiger partial charge in [0, 0.05) is 25.2 Å². The van der Waals surface area contributed by atoms with Gasteiger partial charge in [0.05, 0.1) is 19.0 Å². The van der Waals surface area contributed by atoms with Gasteiger partial charge in [-0.2, -0.15) is 0 Å². The lowest BCUT2D eigenvalue weighted by Crippen LogP contribution is -2.50. The number of likely N-dealkylation sites (tertiary alicyclic amines) is 1. The van der Waals surface area contributed by atoms with Gasteiger partial charge in [0.1, 0.15) is 5.01 Å². The van der Waals surface area contributed by atoms with Gasteiger partial charge in [-0.3, -0.25) is 30.1 Å². The number of hydrogen-bond donors (Lipinski definition) is 2. The fourth-order valence-electron chi connectivity index (χ4n) is 2.62. The topological polar surface area (TPSA) is 94.6 Å². The maximum Gasteiger partial charge on any atom is 0.252 e. The summed E-state index contributed by atoms with van der Waals surface area (Å²) in [5, 5.41) is 2.58. The van der Waals surface area contributed by atoms with E-state index in [1.54, 1.807) is 19.0 Å². The summed E-state index contributed by atoms with van der Waals surface area (Å²) in [5.41, 5.74) is 5.66. The molecule has 1 saturated heterocycles. The van der Waals surface area contributed by atoms with E-state index in [2.05, 4.69) is 15.8 Å². The number of hydrazine groups is 1. The lowest BCUT2D eigenvalue weighted by atomic mass is 10.2. The zero-order valence-corrected chi connectivity index (χ0v) is 15.0. The SMILES string of the molecule is Cc1csc(CC(=O)NNC(=O)CN2CCCC2C(=O)N(C)C)n1. The molecule has 2 N–H and O–H groups in total. The smallest absolute Gasteiger partial charge is 0.252 e. The zero-order valence-electron chi connectivity index (χ0n) is 14.2. The van der Waals surface area contributed by atoms with Crippen molar-refractivity contribution in [2.75, 3.05) is 27.2 Å². The Labute approximate surface area is 145 Å². The Morgan fingerprint density at radius 2 is 2.04 bits per heavy atom. The average molecular weight is 353 g/mol. The highest BCUT2D eigenvalue weighted by Gasteiger charge is 2.32. The minimum absolute atomic E-state index is 0.00322. The molecule has 9 heteroatoms. The summed E-state index contributed by atoms with van der Waals surface area (Å²) < 4.78 is 0. The van der Waals surface area contributed by atoms with Crippen molar-refractivity contribution in [1.82, 2.24) is 25.6 Å². The van der Waals surface area contributed by atoms with E-state index < -0.39 is 0 Å². The molecule has 1 aliphatic rings. The van der Waals surface area contributed by atoms with Crippen LogP contribution in [0.5, 0.6) is 0 Å². The Bertz CT molecular complexity index is 616. The third-order valence-electron chi connectivity index (χ3n) is 3.76. The molecule has 1 aromatic rings. The highest BCUT2D eigenvalue weighted by atomic mass is 32.1. The van der Waals surface area contributed by atoms with Crippen LogP contribution in [0.1, 0.15) is 23.5 Å². The molecule has 8 nitrogen and oxygen atoms in total. The van der Waals surface area contributed by atoms with Crippen LogP contribution in [0, 0.1) is 6.92 Å². The van der Waals surface area contributed by atoms with Crippen LogP contribution in [-0.2, 0) is 20.8 Å². The Morgan fingerprint density at radius 3 is 2.67 bits per heavy atom. The van der Waals surface area contributed by atoms with E-state index in [1.165, 1.54) is 11.3 Å². The number of hydrogen-bond acceptors (Lipinski definition) is 6. The maximum atomic E-state index is 12.1. The maximum absolute atomic E-state index is 12.1. The van der Waals surface area contributed by atoms with Crippen LogP contribution in [0.3, 0.4) is 0 Å². The number of aryl methyl sites for hydroxylation is 1. The van der Waals surface area contributed by atoms with Crippen LogP contribution >= 0.6 is 11.3 Å². The van der Waals surface area contributed by atoms with Crippen LogP contribution in [0.25, 0.3) is 0 Å². The molecule has 1 unspecified atom stereocenters. The summed E-state index contributed by atoms with van der Waals surface area (Å²) in [6.07, 6.45) is 1.76. The second kappa shape index (κ2) is 8.20. The molecule has 24 heavy (non-hydrogen) atoms. The molecule has 132 valence electrons. The van der Waals surface area contributed by atoms with E-state index in [9.17, 15) is 14.4 Å². The summed E-state index contributed by atoms with van der Waals surface area (Å²) in [7, 11) is 3.42. The van der Waals surface area contributed by atoms with E-state index in [-0.39, 0.29) is 36.7 Å². The Morgan fingerprint density at radius 1 is 1.33 bits per heavy atom. The fraction of sp³-hybridized carbons (Fsp3) is 0.600. The minimum Gasteiger partial charge on any atom is -0.347 e. The first-order valence-corrected chi connectivity index (χ1v) is 8.68. The van der Waals surface area contributed by atoms with Gasteiger partial charge < -0.3 is 4.90 Å². The number of aromatic nitrogens is 1. The quantitative estimate of drug-likeness (QED) is 0.709. The van der Waals surface area contributed by atoms with Crippen molar-refractivity contribution < 1.29 is 14.4 Å². The number of amides is 3. The number of nitrogens with one attached hydrogen (secondary N) is 2. The predicted octanol–water partition coefficient (Wildman–Crippen LogP) is -0.306. The number of nitrogens with zero attached hydrogens (tertiary/aromatic N) is 3. The van der Waals surface area contributed by atoms with Gasteiger partial charge in [-0.25, -0.2) is 4.98 Å². The van der Waals surface area contributed by atoms with Gasteiger partial charge in [0.2, 0.25) is 11.8 Å². The highest BCUT2D eigenvalue weighted by Crippen LogP contribution is 2.18. The molecule has 1 atom stereocenters. The van der Waals surface area contributed by atoms with Gasteiger partial charge in [-0.15, -0.1) is 11.3 Å². The highest BCUT2D eigenvalue weighted by molar-refractivity contribution is 7.09. The number of carbonyl (C=O) groups is 3. The van der Waals surface area contributed by atoms with Gasteiger partial charge in [-0.1, -0.05) is 0 Å². The van der Waals surface area contributed by atoms with Gasteiger partial charge in [-0.05, 0) is 26.3 Å². The van der Waals surface area contributed by atoms with Crippen LogP contribution in [0.15, 0.2) is 5.38 Å². The second-order valence-electron chi connectivity index (χ2n) is 6.02. The van der Waals surface area contributed by atoms with Gasteiger partial charge >= 0.3 is 0 Å². The zero-order chi connectivity index (χ0) is 17.7. The van der Waals surface area contributed by atoms with Gasteiger partial charge in [0.25, 0.3) is 5.91 Å². The standard InChI is InChI=1S/C15H23N5O3S/c1-10-9-24-14(16-10)7-12(21)17-18-13(22)8-20-6-4-5-11(20)15(23)19(2)3/h9,11H,4-8H2,1-3H3,(H,17,21)(H,18,22). The number of rotatable bonds is 5. The molecule has 0 saturated carbocycles. The molecular formula is C15H23N5O3S. The molecule has 0 aromatic carbocycles. The molecule has 1 aromatic heterocycles. The minimum atomic E-state index is -0.336. The summed E-state index contributed by atoms with van der Waals surface area (Å²) in [6.45, 7) is 2.64. The molecule has 0 radical (unpaired) electrons. The molecule has 2 rings (SSSR count). The molecule has 0 aliphatic carbocycles. The third kappa shape index (κ3) is 5.00. The van der Waals surface area contributed by atoms with E-state index in [0.717, 1.165) is 18.5 Å². The van der Waals surface area contributed by atoms with Crippen molar-refractivity contribution in [2.24, 2.45) is 0 Å². The molecule has 1 aliphatic heterocycles. The monoisotopic (exact) mass is 353 g/mol. The number of likely N-dealkylation sites (N-methyl/N-ethyl adjacent to an activating group) is 1. The van der Waals surface area contributed by atoms with Crippen molar-refractivity contribution in [1.29, 1.82) is 0 Å². The van der Waals surface area contributed by atoms with Crippen molar-refractivity contribution in [3.63, 3.8) is 0 Å². The molecular weight excluding hydrogens is 330 g/mol. The summed E-state index contributed by atoms with van der Waals surface area (Å²) >= 11 is 1.41. The molecule has 3 amide bonds. The number of carbonyl (C=O) groups excluding carboxylic acids is 3. The van der Waals surface area contributed by atoms with E-state index in [1.807, 2.05) is 17.2 Å². The summed E-state index contributed by atoms with van der Waals surface area (Å²) in [5.74, 6) is -0.652. The first-order chi connectivity index (χ1) is 11.4. The van der Waals surface area contributed by atoms with Gasteiger partial charge in [0.15, 0.2) is 0 Å². The molecule has 0 spiro atoms. The third-order valence-corrected chi connectivity index (χ3v) is 4.72. The van der Waals surface area contributed by atoms with Crippen molar-refractivity contribution in [2.45, 2.75) is 32.2 Å². The van der Waals surface area contributed by atoms with E-state index in [0.29, 0.717) is 11.6 Å². The first kappa shape index (κ1) is 18.3. The lowest BCUT2D eigenvalue weighted by molar-refractivity contribution is -0.135. The molecule has 2 heterocycles. The number of thiazole rings is 1. The lowest BCUT2D eigenvalue weighted by Gasteiger charge is -2.25. The summed E-state index contributed by atoms with van der Waals surface area (Å²) in [6, 6.07) is -0.264. The van der Waals surface area contributed by atoms with Crippen molar-refractivity contribution in [3.05, 3.63) is 16.1 Å². The van der Waals surface area contributed by atoms with Crippen molar-refractivity contribution >= 4 is 29.1 Å². The second-order valence-corrected chi connectivity index (χ2v) is 6.96.